The van der Waals surface area contributed by atoms with E-state index in [9.17, 15) is 4.79 Å². The summed E-state index contributed by atoms with van der Waals surface area (Å²) in [6, 6.07) is 22.7. The molecular weight excluding hydrogens is 424 g/mol. The first-order chi connectivity index (χ1) is 15.7. The highest BCUT2D eigenvalue weighted by Gasteiger charge is 2.13. The van der Waals surface area contributed by atoms with Crippen LogP contribution in [0, 0.1) is 0 Å². The van der Waals surface area contributed by atoms with Crippen molar-refractivity contribution >= 4 is 22.7 Å². The third-order valence-corrected chi connectivity index (χ3v) is 5.88. The highest BCUT2D eigenvalue weighted by Crippen LogP contribution is 2.28. The van der Waals surface area contributed by atoms with Crippen molar-refractivity contribution in [2.75, 3.05) is 26.6 Å². The van der Waals surface area contributed by atoms with Crippen LogP contribution < -0.4 is 19.8 Å². The molecule has 1 aromatic heterocycles. The lowest BCUT2D eigenvalue weighted by Crippen LogP contribution is -2.24. The Morgan fingerprint density at radius 2 is 1.66 bits per heavy atom. The van der Waals surface area contributed by atoms with Crippen LogP contribution in [0.4, 0.5) is 0 Å². The van der Waals surface area contributed by atoms with Gasteiger partial charge in [0, 0.05) is 5.75 Å². The molecule has 7 heteroatoms. The van der Waals surface area contributed by atoms with Crippen LogP contribution in [-0.4, -0.2) is 36.1 Å². The van der Waals surface area contributed by atoms with Gasteiger partial charge in [0.15, 0.2) is 16.7 Å². The number of methoxy groups -OCH3 is 2. The molecule has 0 atom stereocenters. The second-order valence-corrected chi connectivity index (χ2v) is 8.06. The van der Waals surface area contributed by atoms with E-state index in [1.807, 2.05) is 72.8 Å². The second-order valence-electron chi connectivity index (χ2n) is 7.00. The van der Waals surface area contributed by atoms with E-state index in [-0.39, 0.29) is 5.56 Å². The summed E-state index contributed by atoms with van der Waals surface area (Å²) in [7, 11) is 3.20. The molecule has 0 spiro atoms. The number of hydrogen-bond acceptors (Lipinski definition) is 6. The van der Waals surface area contributed by atoms with Crippen LogP contribution in [0.5, 0.6) is 17.2 Å². The van der Waals surface area contributed by atoms with Crippen LogP contribution >= 0.6 is 11.8 Å². The van der Waals surface area contributed by atoms with Crippen molar-refractivity contribution in [2.45, 2.75) is 11.7 Å². The topological polar surface area (TPSA) is 62.6 Å². The number of thioether (sulfide) groups is 1. The zero-order valence-corrected chi connectivity index (χ0v) is 18.8. The lowest BCUT2D eigenvalue weighted by atomic mass is 10.2. The average molecular weight is 449 g/mol. The van der Waals surface area contributed by atoms with E-state index in [0.29, 0.717) is 46.5 Å². The van der Waals surface area contributed by atoms with Gasteiger partial charge in [-0.2, -0.15) is 0 Å². The van der Waals surface area contributed by atoms with Gasteiger partial charge in [-0.05, 0) is 42.0 Å². The van der Waals surface area contributed by atoms with E-state index in [2.05, 4.69) is 0 Å². The first kappa shape index (κ1) is 21.8. The summed E-state index contributed by atoms with van der Waals surface area (Å²) in [6.07, 6.45) is 0. The molecule has 0 saturated heterocycles. The summed E-state index contributed by atoms with van der Waals surface area (Å²) in [5, 5.41) is 1.25. The number of hydrogen-bond donors (Lipinski definition) is 0. The van der Waals surface area contributed by atoms with Gasteiger partial charge in [0.05, 0.1) is 38.3 Å². The lowest BCUT2D eigenvalue weighted by molar-refractivity contribution is 0.344. The van der Waals surface area contributed by atoms with Crippen LogP contribution in [-0.2, 0) is 6.54 Å². The molecule has 0 amide bonds. The zero-order chi connectivity index (χ0) is 22.3. The molecule has 4 rings (SSSR count). The van der Waals surface area contributed by atoms with Crippen molar-refractivity contribution in [3.8, 4) is 17.2 Å². The molecule has 1 heterocycles. The van der Waals surface area contributed by atoms with Crippen molar-refractivity contribution in [2.24, 2.45) is 0 Å². The number of para-hydroxylation sites is 2. The number of fused-ring (bicyclic) bond motifs is 1. The predicted molar refractivity (Wildman–Crippen MR) is 127 cm³/mol. The Labute approximate surface area is 190 Å². The van der Waals surface area contributed by atoms with Gasteiger partial charge in [-0.15, -0.1) is 0 Å². The summed E-state index contributed by atoms with van der Waals surface area (Å²) < 4.78 is 18.2. The summed E-state index contributed by atoms with van der Waals surface area (Å²) in [6.45, 7) is 0.882. The van der Waals surface area contributed by atoms with Crippen LogP contribution in [0.15, 0.2) is 82.7 Å². The van der Waals surface area contributed by atoms with Crippen molar-refractivity contribution in [3.05, 3.63) is 88.7 Å². The van der Waals surface area contributed by atoms with E-state index >= 15 is 0 Å². The smallest absolute Gasteiger partial charge is 0.262 e. The number of aromatic nitrogens is 2. The Morgan fingerprint density at radius 3 is 2.44 bits per heavy atom. The minimum Gasteiger partial charge on any atom is -0.493 e. The lowest BCUT2D eigenvalue weighted by Gasteiger charge is -2.15. The summed E-state index contributed by atoms with van der Waals surface area (Å²) in [4.78, 5) is 18.1. The number of ether oxygens (including phenoxy) is 3. The van der Waals surface area contributed by atoms with Gasteiger partial charge in [0.2, 0.25) is 0 Å². The molecule has 0 aliphatic heterocycles. The summed E-state index contributed by atoms with van der Waals surface area (Å²) in [5.74, 6) is 2.75. The standard InChI is InChI=1S/C25H24N2O4S/c1-29-22-13-12-18(16-23(22)30-2)17-27-24(28)20-10-6-7-11-21(20)26-25(27)32-15-14-31-19-8-4-3-5-9-19/h3-13,16H,14-15,17H2,1-2H3. The van der Waals surface area contributed by atoms with Crippen molar-refractivity contribution in [1.29, 1.82) is 0 Å². The molecule has 0 unspecified atom stereocenters. The SMILES string of the molecule is COc1ccc(Cn2c(SCCOc3ccccc3)nc3ccccc3c2=O)cc1OC. The molecule has 32 heavy (non-hydrogen) atoms. The molecule has 0 radical (unpaired) electrons. The molecule has 0 saturated carbocycles. The molecular formula is C25H24N2O4S. The van der Waals surface area contributed by atoms with Crippen LogP contribution in [0.3, 0.4) is 0 Å². The molecule has 6 nitrogen and oxygen atoms in total. The first-order valence-corrected chi connectivity index (χ1v) is 11.2. The maximum Gasteiger partial charge on any atom is 0.262 e. The van der Waals surface area contributed by atoms with Gasteiger partial charge in [-0.3, -0.25) is 9.36 Å². The molecule has 0 fully saturated rings. The van der Waals surface area contributed by atoms with E-state index in [0.717, 1.165) is 11.3 Å². The Bertz CT molecular complexity index is 1260. The van der Waals surface area contributed by atoms with Crippen LogP contribution in [0.2, 0.25) is 0 Å². The van der Waals surface area contributed by atoms with Gasteiger partial charge in [0.1, 0.15) is 5.75 Å². The maximum atomic E-state index is 13.3. The number of rotatable bonds is 9. The van der Waals surface area contributed by atoms with E-state index in [4.69, 9.17) is 19.2 Å². The minimum atomic E-state index is -0.0723. The summed E-state index contributed by atoms with van der Waals surface area (Å²) >= 11 is 1.50. The third-order valence-electron chi connectivity index (χ3n) is 4.94. The van der Waals surface area contributed by atoms with E-state index in [1.54, 1.807) is 18.8 Å². The van der Waals surface area contributed by atoms with Gasteiger partial charge in [-0.25, -0.2) is 4.98 Å². The number of benzene rings is 3. The fourth-order valence-electron chi connectivity index (χ4n) is 3.37. The van der Waals surface area contributed by atoms with Gasteiger partial charge < -0.3 is 14.2 Å². The highest BCUT2D eigenvalue weighted by molar-refractivity contribution is 7.99. The predicted octanol–water partition coefficient (Wildman–Crippen LogP) is 4.63. The minimum absolute atomic E-state index is 0.0723. The maximum absolute atomic E-state index is 13.3. The van der Waals surface area contributed by atoms with Gasteiger partial charge >= 0.3 is 0 Å². The number of nitrogens with zero attached hydrogens (tertiary/aromatic N) is 2. The van der Waals surface area contributed by atoms with Gasteiger partial charge in [-0.1, -0.05) is 48.2 Å². The van der Waals surface area contributed by atoms with Crippen molar-refractivity contribution < 1.29 is 14.2 Å². The quantitative estimate of drug-likeness (QED) is 0.211. The molecule has 0 aliphatic carbocycles. The molecule has 0 bridgehead atoms. The normalized spacial score (nSPS) is 10.8. The van der Waals surface area contributed by atoms with Gasteiger partial charge in [0.25, 0.3) is 5.56 Å². The largest absolute Gasteiger partial charge is 0.493 e. The summed E-state index contributed by atoms with van der Waals surface area (Å²) in [5.41, 5.74) is 1.54. The monoisotopic (exact) mass is 448 g/mol. The molecule has 3 aromatic carbocycles. The molecule has 164 valence electrons. The second kappa shape index (κ2) is 10.2. The fourth-order valence-corrected chi connectivity index (χ4v) is 4.18. The Morgan fingerprint density at radius 1 is 0.906 bits per heavy atom. The van der Waals surface area contributed by atoms with Crippen LogP contribution in [0.25, 0.3) is 10.9 Å². The Hall–Kier alpha value is -3.45. The van der Waals surface area contributed by atoms with E-state index < -0.39 is 0 Å². The zero-order valence-electron chi connectivity index (χ0n) is 18.0. The van der Waals surface area contributed by atoms with Crippen LogP contribution in [0.1, 0.15) is 5.56 Å². The highest BCUT2D eigenvalue weighted by atomic mass is 32.2. The molecule has 0 N–H and O–H groups in total. The average Bonchev–Trinajstić information content (AvgIpc) is 2.84. The Balaban J connectivity index is 1.61. The third kappa shape index (κ3) is 4.89. The van der Waals surface area contributed by atoms with E-state index in [1.165, 1.54) is 11.8 Å². The Kier molecular flexibility index (Phi) is 6.97. The molecule has 4 aromatic rings. The first-order valence-electron chi connectivity index (χ1n) is 10.2. The van der Waals surface area contributed by atoms with Crippen molar-refractivity contribution in [3.63, 3.8) is 0 Å². The van der Waals surface area contributed by atoms with Crippen molar-refractivity contribution in [1.82, 2.24) is 9.55 Å². The molecule has 0 aliphatic rings. The fraction of sp³-hybridized carbons (Fsp3) is 0.200.